The quantitative estimate of drug-likeness (QED) is 0.505. The van der Waals surface area contributed by atoms with Crippen molar-refractivity contribution in [1.82, 2.24) is 30.4 Å². The van der Waals surface area contributed by atoms with Gasteiger partial charge in [0.2, 0.25) is 17.0 Å². The van der Waals surface area contributed by atoms with Crippen LogP contribution in [0.4, 0.5) is 22.7 Å². The van der Waals surface area contributed by atoms with Gasteiger partial charge in [-0.25, -0.2) is 4.98 Å². The van der Waals surface area contributed by atoms with Crippen molar-refractivity contribution < 1.29 is 4.79 Å². The van der Waals surface area contributed by atoms with Gasteiger partial charge < -0.3 is 10.2 Å². The van der Waals surface area contributed by atoms with Crippen molar-refractivity contribution in [3.63, 3.8) is 0 Å². The first kappa shape index (κ1) is 20.5. The van der Waals surface area contributed by atoms with Crippen LogP contribution in [0.3, 0.4) is 0 Å². The van der Waals surface area contributed by atoms with E-state index in [-0.39, 0.29) is 11.9 Å². The maximum atomic E-state index is 12.9. The number of anilines is 4. The molecule has 11 heteroatoms. The molecule has 3 N–H and O–H groups in total. The summed E-state index contributed by atoms with van der Waals surface area (Å²) in [5.74, 6) is 2.71. The first-order valence-corrected chi connectivity index (χ1v) is 12.7. The van der Waals surface area contributed by atoms with Crippen LogP contribution in [0.1, 0.15) is 67.8 Å². The van der Waals surface area contributed by atoms with Gasteiger partial charge in [-0.2, -0.15) is 10.1 Å². The third-order valence-electron chi connectivity index (χ3n) is 6.96. The number of hydrogen-bond donors (Lipinski definition) is 3. The number of hydrogen-bond acceptors (Lipinski definition) is 9. The lowest BCUT2D eigenvalue weighted by Gasteiger charge is -2.24. The number of nitrogens with zero attached hydrogens (tertiary/aromatic N) is 6. The van der Waals surface area contributed by atoms with Crippen molar-refractivity contribution in [2.24, 2.45) is 0 Å². The lowest BCUT2D eigenvalue weighted by molar-refractivity contribution is -0.117. The van der Waals surface area contributed by atoms with Crippen molar-refractivity contribution >= 4 is 40.0 Å². The summed E-state index contributed by atoms with van der Waals surface area (Å²) in [6, 6.07) is 1.80. The van der Waals surface area contributed by atoms with Crippen LogP contribution in [0, 0.1) is 0 Å². The maximum Gasteiger partial charge on any atom is 0.249 e. The van der Waals surface area contributed by atoms with Gasteiger partial charge in [0.25, 0.3) is 0 Å². The molecule has 0 bridgehead atoms. The van der Waals surface area contributed by atoms with Crippen LogP contribution in [0.2, 0.25) is 0 Å². The fourth-order valence-corrected chi connectivity index (χ4v) is 5.76. The Hall–Kier alpha value is -3.08. The largest absolute Gasteiger partial charge is 0.329 e. The highest BCUT2D eigenvalue weighted by Crippen LogP contribution is 2.35. The maximum absolute atomic E-state index is 12.9. The molecule has 33 heavy (non-hydrogen) atoms. The average molecular weight is 466 g/mol. The Kier molecular flexibility index (Phi) is 5.41. The van der Waals surface area contributed by atoms with Gasteiger partial charge in [-0.1, -0.05) is 24.2 Å². The Balaban J connectivity index is 1.25. The zero-order chi connectivity index (χ0) is 22.2. The Morgan fingerprint density at radius 1 is 1.12 bits per heavy atom. The van der Waals surface area contributed by atoms with E-state index in [0.717, 1.165) is 56.0 Å². The fraction of sp³-hybridized carbons (Fsp3) is 0.545. The summed E-state index contributed by atoms with van der Waals surface area (Å²) in [4.78, 5) is 24.7. The van der Waals surface area contributed by atoms with Gasteiger partial charge in [0.15, 0.2) is 5.82 Å². The number of amides is 1. The second-order valence-electron chi connectivity index (χ2n) is 9.05. The summed E-state index contributed by atoms with van der Waals surface area (Å²) in [5, 5.41) is 22.3. The second kappa shape index (κ2) is 8.69. The molecule has 10 nitrogen and oxygen atoms in total. The number of aryl methyl sites for hydroxylation is 1. The molecule has 1 aliphatic heterocycles. The SMILES string of the molecule is O=C(Nc1nncs1)[C@@H]1CCCN1c1nc2c(c(Nc3cc(C4CCCC4)[nH]n3)n1)CCC2. The van der Waals surface area contributed by atoms with Crippen LogP contribution in [0.25, 0.3) is 0 Å². The highest BCUT2D eigenvalue weighted by Gasteiger charge is 2.34. The highest BCUT2D eigenvalue weighted by atomic mass is 32.1. The number of fused-ring (bicyclic) bond motifs is 1. The molecule has 1 saturated heterocycles. The van der Waals surface area contributed by atoms with Gasteiger partial charge in [-0.3, -0.25) is 15.2 Å². The molecule has 3 aromatic heterocycles. The Bertz CT molecular complexity index is 1140. The number of nitrogens with one attached hydrogen (secondary N) is 3. The van der Waals surface area contributed by atoms with E-state index in [1.54, 1.807) is 5.51 Å². The molecule has 0 radical (unpaired) electrons. The van der Waals surface area contributed by atoms with Crippen LogP contribution >= 0.6 is 11.3 Å². The van der Waals surface area contributed by atoms with Crippen LogP contribution in [-0.4, -0.2) is 48.9 Å². The molecular formula is C22H27N9OS. The summed E-state index contributed by atoms with van der Waals surface area (Å²) >= 11 is 1.31. The van der Waals surface area contributed by atoms with Gasteiger partial charge >= 0.3 is 0 Å². The summed E-state index contributed by atoms with van der Waals surface area (Å²) in [5.41, 5.74) is 5.05. The molecule has 1 saturated carbocycles. The van der Waals surface area contributed by atoms with E-state index in [1.807, 2.05) is 4.90 Å². The Morgan fingerprint density at radius 3 is 2.88 bits per heavy atom. The number of carbonyl (C=O) groups is 1. The van der Waals surface area contributed by atoms with Crippen LogP contribution in [0.15, 0.2) is 11.6 Å². The van der Waals surface area contributed by atoms with Gasteiger partial charge in [-0.05, 0) is 44.9 Å². The Morgan fingerprint density at radius 2 is 2.03 bits per heavy atom. The van der Waals surface area contributed by atoms with Crippen LogP contribution in [0.5, 0.6) is 0 Å². The third-order valence-corrected chi connectivity index (χ3v) is 7.57. The Labute approximate surface area is 195 Å². The predicted molar refractivity (Wildman–Crippen MR) is 126 cm³/mol. The molecule has 3 aliphatic rings. The average Bonchev–Trinajstić information content (AvgIpc) is 3.64. The summed E-state index contributed by atoms with van der Waals surface area (Å²) in [6.07, 6.45) is 9.67. The lowest BCUT2D eigenvalue weighted by Crippen LogP contribution is -2.40. The summed E-state index contributed by atoms with van der Waals surface area (Å²) in [6.45, 7) is 0.751. The highest BCUT2D eigenvalue weighted by molar-refractivity contribution is 7.13. The molecule has 6 rings (SSSR count). The molecule has 2 fully saturated rings. The van der Waals surface area contributed by atoms with Crippen LogP contribution in [-0.2, 0) is 17.6 Å². The van der Waals surface area contributed by atoms with E-state index in [0.29, 0.717) is 17.0 Å². The summed E-state index contributed by atoms with van der Waals surface area (Å²) in [7, 11) is 0. The molecule has 2 aliphatic carbocycles. The molecule has 0 unspecified atom stereocenters. The minimum absolute atomic E-state index is 0.0867. The van der Waals surface area contributed by atoms with E-state index in [4.69, 9.17) is 9.97 Å². The first-order valence-electron chi connectivity index (χ1n) is 11.8. The smallest absolute Gasteiger partial charge is 0.249 e. The van der Waals surface area contributed by atoms with E-state index in [9.17, 15) is 4.79 Å². The fourth-order valence-electron chi connectivity index (χ4n) is 5.31. The van der Waals surface area contributed by atoms with Crippen molar-refractivity contribution in [1.29, 1.82) is 0 Å². The zero-order valence-electron chi connectivity index (χ0n) is 18.4. The molecule has 1 atom stereocenters. The molecule has 1 amide bonds. The topological polar surface area (TPSA) is 125 Å². The number of H-pyrrole nitrogens is 1. The van der Waals surface area contributed by atoms with Gasteiger partial charge in [0.05, 0.1) is 5.69 Å². The number of rotatable bonds is 6. The van der Waals surface area contributed by atoms with Crippen molar-refractivity contribution in [3.05, 3.63) is 28.5 Å². The van der Waals surface area contributed by atoms with Crippen molar-refractivity contribution in [2.45, 2.75) is 69.7 Å². The lowest BCUT2D eigenvalue weighted by atomic mass is 10.0. The number of aromatic amines is 1. The van der Waals surface area contributed by atoms with E-state index >= 15 is 0 Å². The van der Waals surface area contributed by atoms with E-state index in [2.05, 4.69) is 37.1 Å². The first-order chi connectivity index (χ1) is 16.2. The van der Waals surface area contributed by atoms with Gasteiger partial charge in [0, 0.05) is 29.8 Å². The van der Waals surface area contributed by atoms with Crippen molar-refractivity contribution in [3.8, 4) is 0 Å². The number of aromatic nitrogens is 6. The molecule has 0 aromatic carbocycles. The molecule has 4 heterocycles. The van der Waals surface area contributed by atoms with Gasteiger partial charge in [-0.15, -0.1) is 10.2 Å². The third kappa shape index (κ3) is 4.05. The minimum Gasteiger partial charge on any atom is -0.329 e. The molecular weight excluding hydrogens is 438 g/mol. The molecule has 3 aromatic rings. The second-order valence-corrected chi connectivity index (χ2v) is 9.88. The van der Waals surface area contributed by atoms with E-state index in [1.165, 1.54) is 48.3 Å². The van der Waals surface area contributed by atoms with Gasteiger partial charge in [0.1, 0.15) is 17.4 Å². The predicted octanol–water partition coefficient (Wildman–Crippen LogP) is 3.55. The van der Waals surface area contributed by atoms with Crippen LogP contribution < -0.4 is 15.5 Å². The number of carbonyl (C=O) groups excluding carboxylic acids is 1. The monoisotopic (exact) mass is 465 g/mol. The minimum atomic E-state index is -0.319. The van der Waals surface area contributed by atoms with E-state index < -0.39 is 0 Å². The normalized spacial score (nSPS) is 20.4. The molecule has 172 valence electrons. The summed E-state index contributed by atoms with van der Waals surface area (Å²) < 4.78 is 0. The van der Waals surface area contributed by atoms with Crippen molar-refractivity contribution in [2.75, 3.05) is 22.1 Å². The zero-order valence-corrected chi connectivity index (χ0v) is 19.2. The molecule has 0 spiro atoms. The standard InChI is InChI=1S/C22H27N9OS/c32-20(27-22-30-23-12-33-22)17-9-4-10-31(17)21-24-15-8-3-7-14(15)19(26-21)25-18-11-16(28-29-18)13-5-1-2-6-13/h11-13,17H,1-10H2,(H,27,30,32)(H2,24,25,26,28,29)/t17-/m0/s1.